The molecule has 1 aromatic rings. The van der Waals surface area contributed by atoms with Gasteiger partial charge in [0.25, 0.3) is 0 Å². The standard InChI is InChI=1S/C20H32N6O3/c1-20(2,3)29-19(28)26-13-11-25(12-14-26)18(21)23-15-17(27)24(4)10-8-16-7-5-6-9-22-16/h5-7,9H,8,10-15H2,1-4H3,(H2,21,23). The average Bonchev–Trinajstić information content (AvgIpc) is 2.69. The summed E-state index contributed by atoms with van der Waals surface area (Å²) in [5.74, 6) is 0.219. The van der Waals surface area contributed by atoms with Crippen LogP contribution >= 0.6 is 0 Å². The lowest BCUT2D eigenvalue weighted by atomic mass is 10.2. The van der Waals surface area contributed by atoms with Gasteiger partial charge in [0.2, 0.25) is 5.91 Å². The molecule has 160 valence electrons. The fourth-order valence-corrected chi connectivity index (χ4v) is 2.77. The Bertz CT molecular complexity index is 709. The fraction of sp³-hybridized carbons (Fsp3) is 0.600. The van der Waals surface area contributed by atoms with Gasteiger partial charge in [-0.2, -0.15) is 0 Å². The fourth-order valence-electron chi connectivity index (χ4n) is 2.77. The maximum Gasteiger partial charge on any atom is 0.410 e. The first-order chi connectivity index (χ1) is 13.7. The van der Waals surface area contributed by atoms with Gasteiger partial charge in [0, 0.05) is 58.1 Å². The molecule has 1 aromatic heterocycles. The Kier molecular flexibility index (Phi) is 7.81. The van der Waals surface area contributed by atoms with Crippen molar-refractivity contribution in [2.75, 3.05) is 46.3 Å². The van der Waals surface area contributed by atoms with E-state index in [1.54, 1.807) is 23.0 Å². The van der Waals surface area contributed by atoms with E-state index in [0.717, 1.165) is 5.69 Å². The Morgan fingerprint density at radius 2 is 1.86 bits per heavy atom. The topological polar surface area (TPSA) is 104 Å². The second-order valence-corrected chi connectivity index (χ2v) is 8.02. The molecular weight excluding hydrogens is 372 g/mol. The number of nitrogens with two attached hydrogens (primary N) is 1. The van der Waals surface area contributed by atoms with Gasteiger partial charge in [-0.05, 0) is 32.9 Å². The number of pyridine rings is 1. The number of rotatable bonds is 5. The number of piperazine rings is 1. The van der Waals surface area contributed by atoms with E-state index in [9.17, 15) is 9.59 Å². The Balaban J connectivity index is 1.75. The van der Waals surface area contributed by atoms with Crippen molar-refractivity contribution in [1.82, 2.24) is 19.7 Å². The van der Waals surface area contributed by atoms with Gasteiger partial charge in [0.15, 0.2) is 5.96 Å². The highest BCUT2D eigenvalue weighted by atomic mass is 16.6. The van der Waals surface area contributed by atoms with Gasteiger partial charge in [-0.25, -0.2) is 9.79 Å². The molecule has 2 heterocycles. The van der Waals surface area contributed by atoms with Gasteiger partial charge in [-0.3, -0.25) is 9.78 Å². The maximum absolute atomic E-state index is 12.3. The van der Waals surface area contributed by atoms with E-state index < -0.39 is 5.60 Å². The van der Waals surface area contributed by atoms with Crippen LogP contribution in [0, 0.1) is 0 Å². The third kappa shape index (κ3) is 7.59. The number of likely N-dealkylation sites (N-methyl/N-ethyl adjacent to an activating group) is 1. The van der Waals surface area contributed by atoms with Gasteiger partial charge in [0.05, 0.1) is 0 Å². The molecule has 29 heavy (non-hydrogen) atoms. The molecule has 1 fully saturated rings. The van der Waals surface area contributed by atoms with E-state index in [1.807, 2.05) is 43.9 Å². The van der Waals surface area contributed by atoms with Crippen LogP contribution in [0.4, 0.5) is 4.79 Å². The van der Waals surface area contributed by atoms with E-state index in [2.05, 4.69) is 9.98 Å². The van der Waals surface area contributed by atoms with Gasteiger partial charge >= 0.3 is 6.09 Å². The van der Waals surface area contributed by atoms with Gasteiger partial charge < -0.3 is 25.2 Å². The molecule has 0 bridgehead atoms. The number of amides is 2. The van der Waals surface area contributed by atoms with Crippen LogP contribution in [0.5, 0.6) is 0 Å². The van der Waals surface area contributed by atoms with E-state index >= 15 is 0 Å². The lowest BCUT2D eigenvalue weighted by Gasteiger charge is -2.36. The van der Waals surface area contributed by atoms with Crippen molar-refractivity contribution in [2.24, 2.45) is 10.7 Å². The molecule has 0 atom stereocenters. The van der Waals surface area contributed by atoms with Crippen molar-refractivity contribution in [2.45, 2.75) is 32.8 Å². The van der Waals surface area contributed by atoms with Crippen molar-refractivity contribution < 1.29 is 14.3 Å². The normalized spacial score (nSPS) is 15.2. The number of hydrogen-bond acceptors (Lipinski definition) is 5. The highest BCUT2D eigenvalue weighted by molar-refractivity contribution is 5.84. The van der Waals surface area contributed by atoms with Crippen LogP contribution in [0.3, 0.4) is 0 Å². The van der Waals surface area contributed by atoms with Crippen LogP contribution in [0.25, 0.3) is 0 Å². The van der Waals surface area contributed by atoms with Gasteiger partial charge in [-0.15, -0.1) is 0 Å². The van der Waals surface area contributed by atoms with Crippen molar-refractivity contribution in [3.63, 3.8) is 0 Å². The number of guanidine groups is 1. The summed E-state index contributed by atoms with van der Waals surface area (Å²) in [6.45, 7) is 8.21. The molecule has 2 N–H and O–H groups in total. The Morgan fingerprint density at radius 3 is 2.45 bits per heavy atom. The van der Waals surface area contributed by atoms with Crippen molar-refractivity contribution in [3.8, 4) is 0 Å². The van der Waals surface area contributed by atoms with Crippen LogP contribution < -0.4 is 5.73 Å². The first-order valence-corrected chi connectivity index (χ1v) is 9.82. The Labute approximate surface area is 172 Å². The molecule has 9 heteroatoms. The first-order valence-electron chi connectivity index (χ1n) is 9.82. The molecular formula is C20H32N6O3. The van der Waals surface area contributed by atoms with E-state index in [0.29, 0.717) is 45.1 Å². The van der Waals surface area contributed by atoms with Crippen LogP contribution in [-0.4, -0.2) is 89.6 Å². The minimum absolute atomic E-state index is 0.00314. The largest absolute Gasteiger partial charge is 0.444 e. The molecule has 2 rings (SSSR count). The van der Waals surface area contributed by atoms with Gasteiger partial charge in [0.1, 0.15) is 12.1 Å². The molecule has 9 nitrogen and oxygen atoms in total. The lowest BCUT2D eigenvalue weighted by molar-refractivity contribution is -0.128. The molecule has 1 aliphatic heterocycles. The summed E-state index contributed by atoms with van der Waals surface area (Å²) in [4.78, 5) is 38.0. The SMILES string of the molecule is CN(CCc1ccccn1)C(=O)CN=C(N)N1CCN(C(=O)OC(C)(C)C)CC1. The summed E-state index contributed by atoms with van der Waals surface area (Å²) in [7, 11) is 1.75. The highest BCUT2D eigenvalue weighted by Crippen LogP contribution is 2.11. The molecule has 0 spiro atoms. The summed E-state index contributed by atoms with van der Waals surface area (Å²) >= 11 is 0. The summed E-state index contributed by atoms with van der Waals surface area (Å²) in [6.07, 6.45) is 2.11. The second-order valence-electron chi connectivity index (χ2n) is 8.02. The maximum atomic E-state index is 12.3. The number of hydrogen-bond donors (Lipinski definition) is 1. The van der Waals surface area contributed by atoms with E-state index in [-0.39, 0.29) is 18.5 Å². The van der Waals surface area contributed by atoms with Crippen LogP contribution in [-0.2, 0) is 16.0 Å². The number of carbonyl (C=O) groups is 2. The minimum atomic E-state index is -0.516. The number of aromatic nitrogens is 1. The number of carbonyl (C=O) groups excluding carboxylic acids is 2. The van der Waals surface area contributed by atoms with Crippen LogP contribution in [0.15, 0.2) is 29.4 Å². The zero-order chi connectivity index (χ0) is 21.4. The smallest absolute Gasteiger partial charge is 0.410 e. The second kappa shape index (κ2) is 10.1. The number of aliphatic imine (C=N–C) groups is 1. The molecule has 1 aliphatic rings. The molecule has 0 saturated carbocycles. The summed E-state index contributed by atoms with van der Waals surface area (Å²) in [5, 5.41) is 0. The molecule has 0 aliphatic carbocycles. The predicted octanol–water partition coefficient (Wildman–Crippen LogP) is 0.950. The Morgan fingerprint density at radius 1 is 1.21 bits per heavy atom. The molecule has 1 saturated heterocycles. The number of nitrogens with zero attached hydrogens (tertiary/aromatic N) is 5. The van der Waals surface area contributed by atoms with Crippen molar-refractivity contribution >= 4 is 18.0 Å². The molecule has 0 aromatic carbocycles. The predicted molar refractivity (Wildman–Crippen MR) is 111 cm³/mol. The minimum Gasteiger partial charge on any atom is -0.444 e. The van der Waals surface area contributed by atoms with E-state index in [1.165, 1.54) is 0 Å². The zero-order valence-corrected chi connectivity index (χ0v) is 17.8. The zero-order valence-electron chi connectivity index (χ0n) is 17.8. The third-order valence-electron chi connectivity index (χ3n) is 4.49. The average molecular weight is 405 g/mol. The molecule has 0 unspecified atom stereocenters. The Hall–Kier alpha value is -2.84. The monoisotopic (exact) mass is 404 g/mol. The van der Waals surface area contributed by atoms with Gasteiger partial charge in [-0.1, -0.05) is 6.07 Å². The van der Waals surface area contributed by atoms with Crippen LogP contribution in [0.2, 0.25) is 0 Å². The van der Waals surface area contributed by atoms with Crippen LogP contribution in [0.1, 0.15) is 26.5 Å². The first kappa shape index (κ1) is 22.4. The summed E-state index contributed by atoms with van der Waals surface area (Å²) in [5.41, 5.74) is 6.47. The van der Waals surface area contributed by atoms with E-state index in [4.69, 9.17) is 10.5 Å². The molecule has 2 amide bonds. The summed E-state index contributed by atoms with van der Waals surface area (Å²) < 4.78 is 5.39. The van der Waals surface area contributed by atoms with Crippen molar-refractivity contribution in [3.05, 3.63) is 30.1 Å². The number of ether oxygens (including phenoxy) is 1. The third-order valence-corrected chi connectivity index (χ3v) is 4.49. The summed E-state index contributed by atoms with van der Waals surface area (Å²) in [6, 6.07) is 5.73. The molecule has 0 radical (unpaired) electrons. The van der Waals surface area contributed by atoms with Crippen molar-refractivity contribution in [1.29, 1.82) is 0 Å². The highest BCUT2D eigenvalue weighted by Gasteiger charge is 2.26. The lowest BCUT2D eigenvalue weighted by Crippen LogP contribution is -2.53. The quantitative estimate of drug-likeness (QED) is 0.579.